The van der Waals surface area contributed by atoms with E-state index in [4.69, 9.17) is 5.73 Å². The number of amides is 1. The standard InChI is InChI=1S/C13H20N4O3/c1-16-12(19)9(7-15-13(16)20)6-11(18)17-5-3-2-4-10(14)8-17/h7,10H,2-6,8,14H2,1H3,(H,15,20). The molecule has 1 fully saturated rings. The van der Waals surface area contributed by atoms with Gasteiger partial charge >= 0.3 is 5.69 Å². The van der Waals surface area contributed by atoms with Gasteiger partial charge in [0.25, 0.3) is 5.56 Å². The zero-order valence-corrected chi connectivity index (χ0v) is 11.6. The highest BCUT2D eigenvalue weighted by Crippen LogP contribution is 2.10. The molecule has 7 heteroatoms. The van der Waals surface area contributed by atoms with Gasteiger partial charge in [-0.2, -0.15) is 0 Å². The van der Waals surface area contributed by atoms with E-state index < -0.39 is 11.2 Å². The Morgan fingerprint density at radius 3 is 2.95 bits per heavy atom. The summed E-state index contributed by atoms with van der Waals surface area (Å²) in [4.78, 5) is 39.6. The van der Waals surface area contributed by atoms with Gasteiger partial charge in [0.15, 0.2) is 0 Å². The van der Waals surface area contributed by atoms with Gasteiger partial charge in [-0.3, -0.25) is 14.2 Å². The van der Waals surface area contributed by atoms with Crippen LogP contribution in [0, 0.1) is 0 Å². The highest BCUT2D eigenvalue weighted by Gasteiger charge is 2.21. The first-order chi connectivity index (χ1) is 9.49. The van der Waals surface area contributed by atoms with Crippen molar-refractivity contribution in [1.29, 1.82) is 0 Å². The first-order valence-corrected chi connectivity index (χ1v) is 6.80. The second kappa shape index (κ2) is 6.04. The first-order valence-electron chi connectivity index (χ1n) is 6.80. The molecule has 3 N–H and O–H groups in total. The summed E-state index contributed by atoms with van der Waals surface area (Å²) in [7, 11) is 1.39. The third-order valence-electron chi connectivity index (χ3n) is 3.66. The summed E-state index contributed by atoms with van der Waals surface area (Å²) < 4.78 is 0.969. The van der Waals surface area contributed by atoms with Gasteiger partial charge in [-0.1, -0.05) is 6.42 Å². The van der Waals surface area contributed by atoms with Gasteiger partial charge in [0.05, 0.1) is 6.42 Å². The second-order valence-corrected chi connectivity index (χ2v) is 5.26. The number of H-pyrrole nitrogens is 1. The summed E-state index contributed by atoms with van der Waals surface area (Å²) in [5, 5.41) is 0. The molecule has 110 valence electrons. The van der Waals surface area contributed by atoms with Crippen LogP contribution in [0.4, 0.5) is 0 Å². The molecule has 20 heavy (non-hydrogen) atoms. The van der Waals surface area contributed by atoms with Crippen molar-refractivity contribution in [1.82, 2.24) is 14.5 Å². The third-order valence-corrected chi connectivity index (χ3v) is 3.66. The van der Waals surface area contributed by atoms with Crippen molar-refractivity contribution >= 4 is 5.91 Å². The van der Waals surface area contributed by atoms with Gasteiger partial charge < -0.3 is 15.6 Å². The fourth-order valence-electron chi connectivity index (χ4n) is 2.42. The minimum absolute atomic E-state index is 0.000127. The maximum atomic E-state index is 12.2. The molecule has 2 rings (SSSR count). The van der Waals surface area contributed by atoms with Crippen LogP contribution in [0.25, 0.3) is 0 Å². The zero-order valence-electron chi connectivity index (χ0n) is 11.6. The van der Waals surface area contributed by atoms with Crippen molar-refractivity contribution in [2.45, 2.75) is 31.7 Å². The van der Waals surface area contributed by atoms with E-state index in [1.54, 1.807) is 4.90 Å². The van der Waals surface area contributed by atoms with Crippen LogP contribution in [0.5, 0.6) is 0 Å². The molecule has 0 spiro atoms. The topological polar surface area (TPSA) is 101 Å². The van der Waals surface area contributed by atoms with E-state index in [1.165, 1.54) is 13.2 Å². The van der Waals surface area contributed by atoms with Crippen LogP contribution in [0.2, 0.25) is 0 Å². The minimum atomic E-state index is -0.483. The Morgan fingerprint density at radius 1 is 1.45 bits per heavy atom. The quantitative estimate of drug-likeness (QED) is 0.722. The Kier molecular flexibility index (Phi) is 4.39. The lowest BCUT2D eigenvalue weighted by Crippen LogP contribution is -2.42. The van der Waals surface area contributed by atoms with Crippen molar-refractivity contribution in [3.63, 3.8) is 0 Å². The van der Waals surface area contributed by atoms with Crippen molar-refractivity contribution in [2.24, 2.45) is 12.8 Å². The number of rotatable bonds is 2. The van der Waals surface area contributed by atoms with Gasteiger partial charge in [0.1, 0.15) is 0 Å². The number of carbonyl (C=O) groups is 1. The average molecular weight is 280 g/mol. The summed E-state index contributed by atoms with van der Waals surface area (Å²) in [5.41, 5.74) is 5.31. The Morgan fingerprint density at radius 2 is 2.20 bits per heavy atom. The number of hydrogen-bond donors (Lipinski definition) is 2. The molecule has 1 unspecified atom stereocenters. The van der Waals surface area contributed by atoms with E-state index >= 15 is 0 Å². The predicted molar refractivity (Wildman–Crippen MR) is 74.4 cm³/mol. The molecule has 7 nitrogen and oxygen atoms in total. The number of aromatic amines is 1. The molecule has 1 saturated heterocycles. The van der Waals surface area contributed by atoms with Crippen LogP contribution < -0.4 is 17.0 Å². The molecule has 0 aliphatic carbocycles. The van der Waals surface area contributed by atoms with Crippen LogP contribution in [-0.2, 0) is 18.3 Å². The minimum Gasteiger partial charge on any atom is -0.341 e. The van der Waals surface area contributed by atoms with E-state index in [1.807, 2.05) is 0 Å². The van der Waals surface area contributed by atoms with Gasteiger partial charge in [-0.25, -0.2) is 4.79 Å². The molecular weight excluding hydrogens is 260 g/mol. The first kappa shape index (κ1) is 14.5. The number of carbonyl (C=O) groups excluding carboxylic acids is 1. The lowest BCUT2D eigenvalue weighted by molar-refractivity contribution is -0.130. The van der Waals surface area contributed by atoms with E-state index in [2.05, 4.69) is 4.98 Å². The van der Waals surface area contributed by atoms with E-state index in [9.17, 15) is 14.4 Å². The van der Waals surface area contributed by atoms with Gasteiger partial charge in [0, 0.05) is 37.9 Å². The molecule has 2 heterocycles. The average Bonchev–Trinajstić information content (AvgIpc) is 2.64. The monoisotopic (exact) mass is 280 g/mol. The third kappa shape index (κ3) is 3.16. The summed E-state index contributed by atoms with van der Waals surface area (Å²) in [6.07, 6.45) is 4.19. The van der Waals surface area contributed by atoms with Crippen molar-refractivity contribution in [3.05, 3.63) is 32.6 Å². The highest BCUT2D eigenvalue weighted by molar-refractivity contribution is 5.78. The van der Waals surface area contributed by atoms with E-state index in [0.29, 0.717) is 18.7 Å². The summed E-state index contributed by atoms with van der Waals surface area (Å²) in [6, 6.07) is -0.000127. The van der Waals surface area contributed by atoms with Gasteiger partial charge in [0.2, 0.25) is 5.91 Å². The Bertz CT molecular complexity index is 604. The van der Waals surface area contributed by atoms with E-state index in [-0.39, 0.29) is 18.4 Å². The van der Waals surface area contributed by atoms with Crippen molar-refractivity contribution in [3.8, 4) is 0 Å². The Labute approximate surface area is 116 Å². The Balaban J connectivity index is 2.13. The van der Waals surface area contributed by atoms with Gasteiger partial charge in [-0.05, 0) is 12.8 Å². The lowest BCUT2D eigenvalue weighted by Gasteiger charge is -2.22. The number of nitrogens with one attached hydrogen (secondary N) is 1. The largest absolute Gasteiger partial charge is 0.341 e. The second-order valence-electron chi connectivity index (χ2n) is 5.26. The normalized spacial score (nSPS) is 19.7. The molecular formula is C13H20N4O3. The lowest BCUT2D eigenvalue weighted by atomic mass is 10.1. The highest BCUT2D eigenvalue weighted by atomic mass is 16.2. The predicted octanol–water partition coefficient (Wildman–Crippen LogP) is -1.04. The van der Waals surface area contributed by atoms with Crippen LogP contribution in [0.1, 0.15) is 24.8 Å². The number of likely N-dealkylation sites (tertiary alicyclic amines) is 1. The maximum Gasteiger partial charge on any atom is 0.328 e. The van der Waals surface area contributed by atoms with Crippen molar-refractivity contribution < 1.29 is 4.79 Å². The number of nitrogens with two attached hydrogens (primary N) is 1. The molecule has 1 aromatic heterocycles. The SMILES string of the molecule is Cn1c(=O)[nH]cc(CC(=O)N2CCCCC(N)C2)c1=O. The molecule has 0 aromatic carbocycles. The summed E-state index contributed by atoms with van der Waals surface area (Å²) in [5.74, 6) is -0.119. The zero-order chi connectivity index (χ0) is 14.7. The maximum absolute atomic E-state index is 12.2. The fourth-order valence-corrected chi connectivity index (χ4v) is 2.42. The molecule has 1 aromatic rings. The Hall–Kier alpha value is -1.89. The number of hydrogen-bond acceptors (Lipinski definition) is 4. The van der Waals surface area contributed by atoms with E-state index in [0.717, 1.165) is 23.8 Å². The van der Waals surface area contributed by atoms with Crippen LogP contribution in [0.3, 0.4) is 0 Å². The molecule has 0 bridgehead atoms. The van der Waals surface area contributed by atoms with Gasteiger partial charge in [-0.15, -0.1) is 0 Å². The summed E-state index contributed by atoms with van der Waals surface area (Å²) >= 11 is 0. The van der Waals surface area contributed by atoms with Crippen LogP contribution in [0.15, 0.2) is 15.8 Å². The van der Waals surface area contributed by atoms with Crippen LogP contribution in [-0.4, -0.2) is 39.5 Å². The van der Waals surface area contributed by atoms with Crippen LogP contribution >= 0.6 is 0 Å². The molecule has 1 aliphatic heterocycles. The molecule has 1 atom stereocenters. The van der Waals surface area contributed by atoms with Crippen molar-refractivity contribution in [2.75, 3.05) is 13.1 Å². The molecule has 0 radical (unpaired) electrons. The summed E-state index contributed by atoms with van der Waals surface area (Å²) in [6.45, 7) is 1.21. The fraction of sp³-hybridized carbons (Fsp3) is 0.615. The number of aromatic nitrogens is 2. The smallest absolute Gasteiger partial charge is 0.328 e. The number of nitrogens with zero attached hydrogens (tertiary/aromatic N) is 2. The molecule has 0 saturated carbocycles. The molecule has 1 aliphatic rings. The molecule has 1 amide bonds.